The molecule has 0 atom stereocenters. The SMILES string of the molecule is NC1(CNC(=O)c2cc(Cl)c(Cl)[nH]2)CCC1. The molecular formula is C10H13Cl2N3O. The molecule has 0 aromatic carbocycles. The van der Waals surface area contributed by atoms with Crippen molar-refractivity contribution in [1.82, 2.24) is 10.3 Å². The second-order valence-corrected chi connectivity index (χ2v) is 5.03. The summed E-state index contributed by atoms with van der Waals surface area (Å²) in [6.45, 7) is 0.486. The molecule has 88 valence electrons. The van der Waals surface area contributed by atoms with E-state index >= 15 is 0 Å². The molecule has 0 saturated heterocycles. The summed E-state index contributed by atoms with van der Waals surface area (Å²) in [5.74, 6) is -0.231. The molecule has 1 amide bonds. The molecule has 0 spiro atoms. The summed E-state index contributed by atoms with van der Waals surface area (Å²) in [6, 6.07) is 1.50. The van der Waals surface area contributed by atoms with Crippen molar-refractivity contribution >= 4 is 29.1 Å². The van der Waals surface area contributed by atoms with Gasteiger partial charge in [0, 0.05) is 12.1 Å². The van der Waals surface area contributed by atoms with Gasteiger partial charge in [-0.25, -0.2) is 0 Å². The van der Waals surface area contributed by atoms with E-state index in [1.165, 1.54) is 6.07 Å². The highest BCUT2D eigenvalue weighted by atomic mass is 35.5. The lowest BCUT2D eigenvalue weighted by Crippen LogP contribution is -2.54. The molecule has 0 unspecified atom stereocenters. The third-order valence-electron chi connectivity index (χ3n) is 2.92. The van der Waals surface area contributed by atoms with Crippen LogP contribution in [0.15, 0.2) is 6.07 Å². The summed E-state index contributed by atoms with van der Waals surface area (Å²) in [4.78, 5) is 14.4. The van der Waals surface area contributed by atoms with Gasteiger partial charge in [-0.3, -0.25) is 4.79 Å². The molecule has 4 N–H and O–H groups in total. The molecule has 6 heteroatoms. The second-order valence-electron chi connectivity index (χ2n) is 4.24. The third-order valence-corrected chi connectivity index (χ3v) is 3.61. The van der Waals surface area contributed by atoms with Gasteiger partial charge in [0.1, 0.15) is 10.8 Å². The first kappa shape index (κ1) is 11.8. The maximum atomic E-state index is 11.7. The highest BCUT2D eigenvalue weighted by Crippen LogP contribution is 2.28. The van der Waals surface area contributed by atoms with E-state index in [1.807, 2.05) is 0 Å². The van der Waals surface area contributed by atoms with Crippen LogP contribution in [0.25, 0.3) is 0 Å². The second kappa shape index (κ2) is 4.28. The van der Waals surface area contributed by atoms with Gasteiger partial charge >= 0.3 is 0 Å². The Hall–Kier alpha value is -0.710. The van der Waals surface area contributed by atoms with Crippen molar-refractivity contribution in [3.8, 4) is 0 Å². The van der Waals surface area contributed by atoms with Crippen LogP contribution in [0.1, 0.15) is 29.8 Å². The highest BCUT2D eigenvalue weighted by Gasteiger charge is 2.32. The maximum absolute atomic E-state index is 11.7. The summed E-state index contributed by atoms with van der Waals surface area (Å²) in [7, 11) is 0. The molecule has 1 saturated carbocycles. The smallest absolute Gasteiger partial charge is 0.267 e. The number of nitrogens with two attached hydrogens (primary N) is 1. The van der Waals surface area contributed by atoms with E-state index in [0.29, 0.717) is 17.3 Å². The van der Waals surface area contributed by atoms with Crippen LogP contribution in [0.3, 0.4) is 0 Å². The Morgan fingerprint density at radius 3 is 2.69 bits per heavy atom. The first-order chi connectivity index (χ1) is 7.50. The summed E-state index contributed by atoms with van der Waals surface area (Å²) in [5, 5.41) is 3.39. The van der Waals surface area contributed by atoms with Crippen LogP contribution < -0.4 is 11.1 Å². The van der Waals surface area contributed by atoms with Gasteiger partial charge in [0.2, 0.25) is 0 Å². The van der Waals surface area contributed by atoms with E-state index in [0.717, 1.165) is 19.3 Å². The minimum Gasteiger partial charge on any atom is -0.349 e. The van der Waals surface area contributed by atoms with E-state index in [9.17, 15) is 4.79 Å². The standard InChI is InChI=1S/C10H13Cl2N3O/c11-6-4-7(15-8(6)12)9(16)14-5-10(13)2-1-3-10/h4,15H,1-3,5,13H2,(H,14,16). The molecule has 0 bridgehead atoms. The van der Waals surface area contributed by atoms with Gasteiger partial charge in [0.05, 0.1) is 5.02 Å². The number of amides is 1. The summed E-state index contributed by atoms with van der Waals surface area (Å²) < 4.78 is 0. The van der Waals surface area contributed by atoms with Crippen LogP contribution in [0, 0.1) is 0 Å². The number of H-pyrrole nitrogens is 1. The monoisotopic (exact) mass is 261 g/mol. The van der Waals surface area contributed by atoms with Crippen molar-refractivity contribution in [2.45, 2.75) is 24.8 Å². The lowest BCUT2D eigenvalue weighted by atomic mass is 9.78. The van der Waals surface area contributed by atoms with Crippen molar-refractivity contribution < 1.29 is 4.79 Å². The first-order valence-corrected chi connectivity index (χ1v) is 5.87. The number of halogens is 2. The number of carbonyl (C=O) groups excluding carboxylic acids is 1. The van der Waals surface area contributed by atoms with Crippen molar-refractivity contribution in [2.24, 2.45) is 5.73 Å². The van der Waals surface area contributed by atoms with Crippen LogP contribution in [0.4, 0.5) is 0 Å². The van der Waals surface area contributed by atoms with E-state index in [-0.39, 0.29) is 16.6 Å². The molecule has 1 aliphatic rings. The molecular weight excluding hydrogens is 249 g/mol. The van der Waals surface area contributed by atoms with E-state index in [2.05, 4.69) is 10.3 Å². The third kappa shape index (κ3) is 2.34. The van der Waals surface area contributed by atoms with Gasteiger partial charge in [-0.1, -0.05) is 23.2 Å². The quantitative estimate of drug-likeness (QED) is 0.778. The molecule has 2 rings (SSSR count). The van der Waals surface area contributed by atoms with Crippen molar-refractivity contribution in [1.29, 1.82) is 0 Å². The van der Waals surface area contributed by atoms with Gasteiger partial charge in [0.25, 0.3) is 5.91 Å². The fourth-order valence-corrected chi connectivity index (χ4v) is 2.00. The number of rotatable bonds is 3. The molecule has 16 heavy (non-hydrogen) atoms. The Labute approximate surface area is 103 Å². The number of hydrogen-bond acceptors (Lipinski definition) is 2. The van der Waals surface area contributed by atoms with Gasteiger partial charge in [-0.05, 0) is 25.3 Å². The average Bonchev–Trinajstić information content (AvgIpc) is 2.53. The molecule has 1 aromatic rings. The van der Waals surface area contributed by atoms with E-state index in [4.69, 9.17) is 28.9 Å². The zero-order valence-electron chi connectivity index (χ0n) is 8.65. The van der Waals surface area contributed by atoms with Crippen molar-refractivity contribution in [3.05, 3.63) is 21.9 Å². The summed E-state index contributed by atoms with van der Waals surface area (Å²) in [6.07, 6.45) is 3.05. The first-order valence-electron chi connectivity index (χ1n) is 5.11. The Morgan fingerprint density at radius 1 is 1.56 bits per heavy atom. The zero-order valence-corrected chi connectivity index (χ0v) is 10.2. The van der Waals surface area contributed by atoms with Crippen LogP contribution >= 0.6 is 23.2 Å². The molecule has 4 nitrogen and oxygen atoms in total. The van der Waals surface area contributed by atoms with Gasteiger partial charge < -0.3 is 16.0 Å². The number of aromatic amines is 1. The molecule has 1 aliphatic carbocycles. The Morgan fingerprint density at radius 2 is 2.25 bits per heavy atom. The minimum absolute atomic E-state index is 0.226. The molecule has 1 aromatic heterocycles. The number of carbonyl (C=O) groups is 1. The van der Waals surface area contributed by atoms with Crippen LogP contribution in [0.2, 0.25) is 10.2 Å². The average molecular weight is 262 g/mol. The highest BCUT2D eigenvalue weighted by molar-refractivity contribution is 6.41. The van der Waals surface area contributed by atoms with Crippen LogP contribution in [-0.2, 0) is 0 Å². The summed E-state index contributed by atoms with van der Waals surface area (Å²) in [5.41, 5.74) is 6.12. The predicted molar refractivity (Wildman–Crippen MR) is 63.9 cm³/mol. The Kier molecular flexibility index (Phi) is 3.15. The van der Waals surface area contributed by atoms with Crippen molar-refractivity contribution in [2.75, 3.05) is 6.54 Å². The predicted octanol–water partition coefficient (Wildman–Crippen LogP) is 1.93. The Balaban J connectivity index is 1.93. The fourth-order valence-electron chi connectivity index (χ4n) is 1.69. The maximum Gasteiger partial charge on any atom is 0.267 e. The lowest BCUT2D eigenvalue weighted by Gasteiger charge is -2.38. The summed E-state index contributed by atoms with van der Waals surface area (Å²) >= 11 is 11.4. The van der Waals surface area contributed by atoms with Crippen molar-refractivity contribution in [3.63, 3.8) is 0 Å². The van der Waals surface area contributed by atoms with Gasteiger partial charge in [-0.15, -0.1) is 0 Å². The normalized spacial score (nSPS) is 17.9. The molecule has 1 fully saturated rings. The number of nitrogens with one attached hydrogen (secondary N) is 2. The lowest BCUT2D eigenvalue weighted by molar-refractivity contribution is 0.0925. The van der Waals surface area contributed by atoms with Gasteiger partial charge in [-0.2, -0.15) is 0 Å². The Bertz CT molecular complexity index is 393. The fraction of sp³-hybridized carbons (Fsp3) is 0.500. The number of aromatic nitrogens is 1. The molecule has 0 aliphatic heterocycles. The number of hydrogen-bond donors (Lipinski definition) is 3. The molecule has 1 heterocycles. The van der Waals surface area contributed by atoms with Gasteiger partial charge in [0.15, 0.2) is 0 Å². The molecule has 0 radical (unpaired) electrons. The van der Waals surface area contributed by atoms with Crippen LogP contribution in [-0.4, -0.2) is 23.0 Å². The minimum atomic E-state index is -0.231. The van der Waals surface area contributed by atoms with E-state index < -0.39 is 0 Å². The van der Waals surface area contributed by atoms with E-state index in [1.54, 1.807) is 0 Å². The largest absolute Gasteiger partial charge is 0.349 e. The topological polar surface area (TPSA) is 70.9 Å². The van der Waals surface area contributed by atoms with Crippen LogP contribution in [0.5, 0.6) is 0 Å². The zero-order chi connectivity index (χ0) is 11.8.